The molecule has 0 saturated carbocycles. The fraction of sp³-hybridized carbons (Fsp3) is 0.364. The van der Waals surface area contributed by atoms with Crippen LogP contribution in [-0.4, -0.2) is 44.0 Å². The molecule has 0 radical (unpaired) electrons. The van der Waals surface area contributed by atoms with E-state index in [0.29, 0.717) is 19.4 Å². The molecule has 0 fully saturated rings. The lowest BCUT2D eigenvalue weighted by molar-refractivity contribution is 0.115. The summed E-state index contributed by atoms with van der Waals surface area (Å²) in [6.07, 6.45) is 4.20. The predicted molar refractivity (Wildman–Crippen MR) is 110 cm³/mol. The van der Waals surface area contributed by atoms with Gasteiger partial charge in [0.25, 0.3) is 0 Å². The molecule has 0 bridgehead atoms. The van der Waals surface area contributed by atoms with Crippen molar-refractivity contribution in [2.75, 3.05) is 13.2 Å². The van der Waals surface area contributed by atoms with Gasteiger partial charge in [-0.1, -0.05) is 60.7 Å². The summed E-state index contributed by atoms with van der Waals surface area (Å²) in [6, 6.07) is 16.6. The fourth-order valence-electron chi connectivity index (χ4n) is 3.02. The molecule has 6 heteroatoms. The first kappa shape index (κ1) is 20.2. The van der Waals surface area contributed by atoms with Gasteiger partial charge in [-0.25, -0.2) is 4.68 Å². The highest BCUT2D eigenvalue weighted by atomic mass is 16.3. The smallest absolute Gasteiger partial charge is 0.113 e. The van der Waals surface area contributed by atoms with Crippen LogP contribution in [0.3, 0.4) is 0 Å². The van der Waals surface area contributed by atoms with Crippen LogP contribution in [0.1, 0.15) is 30.0 Å². The molecule has 28 heavy (non-hydrogen) atoms. The van der Waals surface area contributed by atoms with Crippen molar-refractivity contribution in [1.29, 1.82) is 0 Å². The number of hydrogen-bond donors (Lipinski definition) is 3. The first-order valence-corrected chi connectivity index (χ1v) is 9.63. The van der Waals surface area contributed by atoms with Gasteiger partial charge >= 0.3 is 0 Å². The molecule has 0 aliphatic carbocycles. The monoisotopic (exact) mass is 380 g/mol. The highest BCUT2D eigenvalue weighted by molar-refractivity contribution is 5.58. The third kappa shape index (κ3) is 5.04. The second-order valence-corrected chi connectivity index (χ2v) is 7.35. The number of aromatic nitrogens is 3. The summed E-state index contributed by atoms with van der Waals surface area (Å²) in [5.74, 6) is 0. The van der Waals surface area contributed by atoms with E-state index in [-0.39, 0.29) is 13.2 Å². The Balaban J connectivity index is 1.62. The Morgan fingerprint density at radius 3 is 2.14 bits per heavy atom. The zero-order valence-electron chi connectivity index (χ0n) is 16.3. The molecule has 2 aromatic carbocycles. The molecule has 0 aliphatic rings. The zero-order valence-corrected chi connectivity index (χ0v) is 16.3. The summed E-state index contributed by atoms with van der Waals surface area (Å²) in [5, 5.41) is 27.1. The van der Waals surface area contributed by atoms with Crippen LogP contribution in [0.25, 0.3) is 11.3 Å². The standard InChI is InChI=1S/C22H28N4O2/c1-2-17-3-5-19(6-4-17)13-26-14-21(24-25-26)20-9-7-18(8-10-20)11-12-22(23,15-27)16-28/h3-10,14,27-28H,2,11-13,15-16,23H2,1H3. The number of hydrogen-bond acceptors (Lipinski definition) is 5. The van der Waals surface area contributed by atoms with Crippen LogP contribution in [0.4, 0.5) is 0 Å². The molecule has 0 unspecified atom stereocenters. The van der Waals surface area contributed by atoms with Gasteiger partial charge in [-0.15, -0.1) is 5.10 Å². The summed E-state index contributed by atoms with van der Waals surface area (Å²) in [5.41, 5.74) is 10.4. The molecule has 3 rings (SSSR count). The van der Waals surface area contributed by atoms with Gasteiger partial charge in [-0.2, -0.15) is 0 Å². The summed E-state index contributed by atoms with van der Waals surface area (Å²) in [4.78, 5) is 0. The van der Waals surface area contributed by atoms with E-state index in [1.807, 2.05) is 35.1 Å². The highest BCUT2D eigenvalue weighted by Crippen LogP contribution is 2.19. The van der Waals surface area contributed by atoms with Gasteiger partial charge in [0.1, 0.15) is 5.69 Å². The predicted octanol–water partition coefficient (Wildman–Crippen LogP) is 2.17. The fourth-order valence-corrected chi connectivity index (χ4v) is 3.02. The summed E-state index contributed by atoms with van der Waals surface area (Å²) >= 11 is 0. The molecule has 0 saturated heterocycles. The second-order valence-electron chi connectivity index (χ2n) is 7.35. The number of rotatable bonds is 9. The minimum Gasteiger partial charge on any atom is -0.394 e. The maximum atomic E-state index is 9.29. The highest BCUT2D eigenvalue weighted by Gasteiger charge is 2.22. The van der Waals surface area contributed by atoms with Crippen molar-refractivity contribution in [3.8, 4) is 11.3 Å². The lowest BCUT2D eigenvalue weighted by atomic mass is 9.93. The van der Waals surface area contributed by atoms with Crippen LogP contribution in [0, 0.1) is 0 Å². The van der Waals surface area contributed by atoms with E-state index in [9.17, 15) is 10.2 Å². The molecule has 1 heterocycles. The number of aliphatic hydroxyl groups excluding tert-OH is 2. The Hall–Kier alpha value is -2.54. The van der Waals surface area contributed by atoms with E-state index in [2.05, 4.69) is 41.5 Å². The maximum Gasteiger partial charge on any atom is 0.113 e. The molecule has 0 atom stereocenters. The number of benzene rings is 2. The lowest BCUT2D eigenvalue weighted by Crippen LogP contribution is -2.47. The molecular weight excluding hydrogens is 352 g/mol. The van der Waals surface area contributed by atoms with E-state index < -0.39 is 5.54 Å². The molecule has 148 valence electrons. The van der Waals surface area contributed by atoms with Crippen LogP contribution < -0.4 is 5.73 Å². The Kier molecular flexibility index (Phi) is 6.57. The molecule has 6 nitrogen and oxygen atoms in total. The Morgan fingerprint density at radius 2 is 1.54 bits per heavy atom. The first-order chi connectivity index (χ1) is 13.5. The third-order valence-corrected chi connectivity index (χ3v) is 5.11. The molecule has 0 spiro atoms. The summed E-state index contributed by atoms with van der Waals surface area (Å²) < 4.78 is 1.84. The van der Waals surface area contributed by atoms with Gasteiger partial charge in [0.05, 0.1) is 31.5 Å². The zero-order chi connectivity index (χ0) is 20.0. The van der Waals surface area contributed by atoms with Gasteiger partial charge in [-0.3, -0.25) is 0 Å². The summed E-state index contributed by atoms with van der Waals surface area (Å²) in [7, 11) is 0. The number of aliphatic hydroxyl groups is 2. The van der Waals surface area contributed by atoms with E-state index in [0.717, 1.165) is 23.2 Å². The Labute approximate surface area is 165 Å². The average molecular weight is 380 g/mol. The largest absolute Gasteiger partial charge is 0.394 e. The summed E-state index contributed by atoms with van der Waals surface area (Å²) in [6.45, 7) is 2.38. The first-order valence-electron chi connectivity index (χ1n) is 9.63. The molecule has 0 aliphatic heterocycles. The van der Waals surface area contributed by atoms with Crippen LogP contribution in [0.2, 0.25) is 0 Å². The van der Waals surface area contributed by atoms with E-state index in [4.69, 9.17) is 5.73 Å². The Bertz CT molecular complexity index is 868. The van der Waals surface area contributed by atoms with Crippen molar-refractivity contribution in [1.82, 2.24) is 15.0 Å². The molecular formula is C22H28N4O2. The van der Waals surface area contributed by atoms with Crippen LogP contribution in [0.5, 0.6) is 0 Å². The number of aryl methyl sites for hydroxylation is 2. The topological polar surface area (TPSA) is 97.2 Å². The minimum absolute atomic E-state index is 0.230. The van der Waals surface area contributed by atoms with E-state index in [1.165, 1.54) is 11.1 Å². The van der Waals surface area contributed by atoms with E-state index >= 15 is 0 Å². The second kappa shape index (κ2) is 9.10. The van der Waals surface area contributed by atoms with Gasteiger partial charge in [0.15, 0.2) is 0 Å². The van der Waals surface area contributed by atoms with Crippen molar-refractivity contribution in [2.45, 2.75) is 38.3 Å². The molecule has 3 aromatic rings. The van der Waals surface area contributed by atoms with Crippen molar-refractivity contribution < 1.29 is 10.2 Å². The van der Waals surface area contributed by atoms with Crippen LogP contribution in [-0.2, 0) is 19.4 Å². The number of nitrogens with zero attached hydrogens (tertiary/aromatic N) is 3. The van der Waals surface area contributed by atoms with Crippen molar-refractivity contribution >= 4 is 0 Å². The SMILES string of the molecule is CCc1ccc(Cn2cc(-c3ccc(CCC(N)(CO)CO)cc3)nn2)cc1. The quantitative estimate of drug-likeness (QED) is 0.529. The van der Waals surface area contributed by atoms with Crippen LogP contribution in [0.15, 0.2) is 54.7 Å². The van der Waals surface area contributed by atoms with Gasteiger partial charge in [0, 0.05) is 5.56 Å². The number of nitrogens with two attached hydrogens (primary N) is 1. The lowest BCUT2D eigenvalue weighted by Gasteiger charge is -2.24. The van der Waals surface area contributed by atoms with Gasteiger partial charge in [0.2, 0.25) is 0 Å². The average Bonchev–Trinajstić information content (AvgIpc) is 3.21. The normalized spacial score (nSPS) is 11.7. The van der Waals surface area contributed by atoms with Crippen molar-refractivity contribution in [2.24, 2.45) is 5.73 Å². The minimum atomic E-state index is -0.934. The molecule has 4 N–H and O–H groups in total. The maximum absolute atomic E-state index is 9.29. The van der Waals surface area contributed by atoms with Crippen LogP contribution >= 0.6 is 0 Å². The molecule has 1 aromatic heterocycles. The van der Waals surface area contributed by atoms with E-state index in [1.54, 1.807) is 0 Å². The Morgan fingerprint density at radius 1 is 0.929 bits per heavy atom. The third-order valence-electron chi connectivity index (χ3n) is 5.11. The van der Waals surface area contributed by atoms with Gasteiger partial charge in [-0.05, 0) is 36.0 Å². The molecule has 0 amide bonds. The van der Waals surface area contributed by atoms with Gasteiger partial charge < -0.3 is 15.9 Å². The van der Waals surface area contributed by atoms with Crippen molar-refractivity contribution in [3.63, 3.8) is 0 Å². The van der Waals surface area contributed by atoms with Crippen molar-refractivity contribution in [3.05, 3.63) is 71.4 Å².